The molecule has 0 saturated carbocycles. The van der Waals surface area contributed by atoms with Gasteiger partial charge in [-0.25, -0.2) is 8.42 Å². The van der Waals surface area contributed by atoms with Crippen LogP contribution < -0.4 is 10.6 Å². The van der Waals surface area contributed by atoms with Crippen molar-refractivity contribution in [2.45, 2.75) is 11.8 Å². The van der Waals surface area contributed by atoms with Crippen LogP contribution in [0.15, 0.2) is 29.2 Å². The Bertz CT molecular complexity index is 548. The summed E-state index contributed by atoms with van der Waals surface area (Å²) in [5.74, 6) is 0.406. The Hall–Kier alpha value is -1.40. The van der Waals surface area contributed by atoms with Gasteiger partial charge in [0.05, 0.1) is 10.6 Å². The average Bonchev–Trinajstić information content (AvgIpc) is 2.37. The van der Waals surface area contributed by atoms with Crippen molar-refractivity contribution in [1.29, 1.82) is 0 Å². The molecule has 0 spiro atoms. The van der Waals surface area contributed by atoms with Crippen molar-refractivity contribution in [2.75, 3.05) is 25.4 Å². The normalized spacial score (nSPS) is 15.8. The van der Waals surface area contributed by atoms with Crippen molar-refractivity contribution in [3.05, 3.63) is 29.8 Å². The summed E-state index contributed by atoms with van der Waals surface area (Å²) in [6.07, 6.45) is 0. The SMILES string of the molecule is CCS(=O)(=O)c1ccc(C(=O)NCC2CNC2)cc1. The molecule has 2 rings (SSSR count). The van der Waals surface area contributed by atoms with Crippen LogP contribution in [0.5, 0.6) is 0 Å². The van der Waals surface area contributed by atoms with Crippen LogP contribution in [0, 0.1) is 5.92 Å². The molecule has 1 fully saturated rings. The molecule has 0 aromatic heterocycles. The number of hydrogen-bond donors (Lipinski definition) is 2. The van der Waals surface area contributed by atoms with Gasteiger partial charge in [-0.2, -0.15) is 0 Å². The molecule has 2 N–H and O–H groups in total. The topological polar surface area (TPSA) is 75.3 Å². The first-order chi connectivity index (χ1) is 9.03. The van der Waals surface area contributed by atoms with Crippen molar-refractivity contribution in [1.82, 2.24) is 10.6 Å². The quantitative estimate of drug-likeness (QED) is 0.821. The largest absolute Gasteiger partial charge is 0.352 e. The van der Waals surface area contributed by atoms with Crippen molar-refractivity contribution < 1.29 is 13.2 Å². The minimum atomic E-state index is -3.20. The van der Waals surface area contributed by atoms with Crippen LogP contribution in [-0.2, 0) is 9.84 Å². The van der Waals surface area contributed by atoms with Crippen LogP contribution in [-0.4, -0.2) is 39.7 Å². The second-order valence-corrected chi connectivity index (χ2v) is 6.94. The molecule has 0 bridgehead atoms. The minimum Gasteiger partial charge on any atom is -0.352 e. The van der Waals surface area contributed by atoms with E-state index in [0.29, 0.717) is 18.0 Å². The van der Waals surface area contributed by atoms with Gasteiger partial charge >= 0.3 is 0 Å². The van der Waals surface area contributed by atoms with Gasteiger partial charge in [-0.3, -0.25) is 4.79 Å². The Morgan fingerprint density at radius 2 is 1.95 bits per heavy atom. The first kappa shape index (κ1) is 14.0. The highest BCUT2D eigenvalue weighted by molar-refractivity contribution is 7.91. The Morgan fingerprint density at radius 1 is 1.32 bits per heavy atom. The van der Waals surface area contributed by atoms with Gasteiger partial charge in [0.25, 0.3) is 5.91 Å². The number of carbonyl (C=O) groups is 1. The van der Waals surface area contributed by atoms with E-state index >= 15 is 0 Å². The third-order valence-corrected chi connectivity index (χ3v) is 5.02. The molecule has 1 saturated heterocycles. The lowest BCUT2D eigenvalue weighted by Crippen LogP contribution is -2.48. The monoisotopic (exact) mass is 282 g/mol. The van der Waals surface area contributed by atoms with Crippen LogP contribution in [0.1, 0.15) is 17.3 Å². The summed E-state index contributed by atoms with van der Waals surface area (Å²) in [6, 6.07) is 6.07. The maximum Gasteiger partial charge on any atom is 0.251 e. The molecule has 1 aliphatic heterocycles. The number of benzene rings is 1. The Morgan fingerprint density at radius 3 is 2.42 bits per heavy atom. The van der Waals surface area contributed by atoms with Gasteiger partial charge in [0, 0.05) is 31.1 Å². The molecular weight excluding hydrogens is 264 g/mol. The summed E-state index contributed by atoms with van der Waals surface area (Å²) in [7, 11) is -3.20. The minimum absolute atomic E-state index is 0.0627. The van der Waals surface area contributed by atoms with Crippen molar-refractivity contribution in [2.24, 2.45) is 5.92 Å². The standard InChI is InChI=1S/C13H18N2O3S/c1-2-19(17,18)12-5-3-11(4-6-12)13(16)15-9-10-7-14-8-10/h3-6,10,14H,2,7-9H2,1H3,(H,15,16). The third-order valence-electron chi connectivity index (χ3n) is 3.27. The van der Waals surface area contributed by atoms with Crippen LogP contribution in [0.4, 0.5) is 0 Å². The Balaban J connectivity index is 1.99. The van der Waals surface area contributed by atoms with Crippen LogP contribution in [0.2, 0.25) is 0 Å². The molecule has 0 unspecified atom stereocenters. The van der Waals surface area contributed by atoms with Crippen LogP contribution >= 0.6 is 0 Å². The number of sulfone groups is 1. The van der Waals surface area contributed by atoms with Gasteiger partial charge in [-0.05, 0) is 24.3 Å². The molecule has 0 atom stereocenters. The second kappa shape index (κ2) is 5.71. The van der Waals surface area contributed by atoms with Crippen molar-refractivity contribution in [3.63, 3.8) is 0 Å². The van der Waals surface area contributed by atoms with Gasteiger partial charge in [-0.1, -0.05) is 6.92 Å². The zero-order valence-electron chi connectivity index (χ0n) is 10.8. The molecule has 19 heavy (non-hydrogen) atoms. The van der Waals surface area contributed by atoms with Gasteiger partial charge < -0.3 is 10.6 Å². The molecule has 0 radical (unpaired) electrons. The van der Waals surface area contributed by atoms with E-state index in [0.717, 1.165) is 13.1 Å². The lowest BCUT2D eigenvalue weighted by atomic mass is 10.0. The van der Waals surface area contributed by atoms with Crippen LogP contribution in [0.25, 0.3) is 0 Å². The van der Waals surface area contributed by atoms with E-state index in [2.05, 4.69) is 10.6 Å². The summed E-state index contributed by atoms with van der Waals surface area (Å²) in [5.41, 5.74) is 0.488. The maximum atomic E-state index is 11.8. The van der Waals surface area contributed by atoms with E-state index in [-0.39, 0.29) is 16.6 Å². The summed E-state index contributed by atoms with van der Waals surface area (Å²) in [4.78, 5) is 12.1. The van der Waals surface area contributed by atoms with E-state index in [9.17, 15) is 13.2 Å². The molecule has 5 nitrogen and oxygen atoms in total. The summed E-state index contributed by atoms with van der Waals surface area (Å²) >= 11 is 0. The van der Waals surface area contributed by atoms with Crippen molar-refractivity contribution >= 4 is 15.7 Å². The number of nitrogens with one attached hydrogen (secondary N) is 2. The van der Waals surface area contributed by atoms with E-state index in [1.807, 2.05) is 0 Å². The molecule has 1 amide bonds. The Kier molecular flexibility index (Phi) is 4.21. The Labute approximate surface area is 113 Å². The first-order valence-corrected chi connectivity index (χ1v) is 8.00. The highest BCUT2D eigenvalue weighted by Gasteiger charge is 2.18. The van der Waals surface area contributed by atoms with E-state index in [4.69, 9.17) is 0 Å². The zero-order valence-corrected chi connectivity index (χ0v) is 11.7. The third kappa shape index (κ3) is 3.33. The number of amides is 1. The second-order valence-electron chi connectivity index (χ2n) is 4.66. The number of carbonyl (C=O) groups excluding carboxylic acids is 1. The molecular formula is C13H18N2O3S. The fraction of sp³-hybridized carbons (Fsp3) is 0.462. The summed E-state index contributed by atoms with van der Waals surface area (Å²) in [5, 5.41) is 5.98. The van der Waals surface area contributed by atoms with E-state index in [1.54, 1.807) is 19.1 Å². The van der Waals surface area contributed by atoms with Crippen molar-refractivity contribution in [3.8, 4) is 0 Å². The number of hydrogen-bond acceptors (Lipinski definition) is 4. The molecule has 104 valence electrons. The van der Waals surface area contributed by atoms with E-state index in [1.165, 1.54) is 12.1 Å². The van der Waals surface area contributed by atoms with Crippen LogP contribution in [0.3, 0.4) is 0 Å². The summed E-state index contributed by atoms with van der Waals surface area (Å²) < 4.78 is 23.3. The molecule has 1 aromatic carbocycles. The molecule has 1 aliphatic rings. The fourth-order valence-corrected chi connectivity index (χ4v) is 2.70. The lowest BCUT2D eigenvalue weighted by Gasteiger charge is -2.27. The first-order valence-electron chi connectivity index (χ1n) is 6.34. The van der Waals surface area contributed by atoms with E-state index < -0.39 is 9.84 Å². The maximum absolute atomic E-state index is 11.8. The summed E-state index contributed by atoms with van der Waals surface area (Å²) in [6.45, 7) is 4.13. The highest BCUT2D eigenvalue weighted by atomic mass is 32.2. The molecule has 0 aliphatic carbocycles. The van der Waals surface area contributed by atoms with Gasteiger partial charge in [0.2, 0.25) is 0 Å². The molecule has 1 heterocycles. The number of rotatable bonds is 5. The van der Waals surface area contributed by atoms with Gasteiger partial charge in [0.15, 0.2) is 9.84 Å². The van der Waals surface area contributed by atoms with Gasteiger partial charge in [-0.15, -0.1) is 0 Å². The average molecular weight is 282 g/mol. The fourth-order valence-electron chi connectivity index (χ4n) is 1.81. The smallest absolute Gasteiger partial charge is 0.251 e. The van der Waals surface area contributed by atoms with Gasteiger partial charge in [0.1, 0.15) is 0 Å². The predicted molar refractivity (Wildman–Crippen MR) is 72.9 cm³/mol. The lowest BCUT2D eigenvalue weighted by molar-refractivity contribution is 0.0942. The highest BCUT2D eigenvalue weighted by Crippen LogP contribution is 2.12. The zero-order chi connectivity index (χ0) is 13.9. The molecule has 1 aromatic rings. The molecule has 6 heteroatoms. The predicted octanol–water partition coefficient (Wildman–Crippen LogP) is 0.429.